The number of nitrogens with zero attached hydrogens (tertiary/aromatic N) is 3. The van der Waals surface area contributed by atoms with Gasteiger partial charge in [0.25, 0.3) is 0 Å². The van der Waals surface area contributed by atoms with Crippen LogP contribution in [0, 0.1) is 5.41 Å². The van der Waals surface area contributed by atoms with Crippen LogP contribution in [-0.2, 0) is 24.2 Å². The topological polar surface area (TPSA) is 83.7 Å². The molecule has 0 amide bonds. The molecule has 160 valence electrons. The fourth-order valence-corrected chi connectivity index (χ4v) is 3.57. The zero-order valence-electron chi connectivity index (χ0n) is 17.0. The highest BCUT2D eigenvalue weighted by Crippen LogP contribution is 2.31. The third-order valence-corrected chi connectivity index (χ3v) is 5.38. The lowest BCUT2D eigenvalue weighted by atomic mass is 9.84. The zero-order chi connectivity index (χ0) is 19.7. The lowest BCUT2D eigenvalue weighted by Gasteiger charge is -2.27. The van der Waals surface area contributed by atoms with Crippen molar-refractivity contribution in [1.82, 2.24) is 20.2 Å². The van der Waals surface area contributed by atoms with E-state index in [0.29, 0.717) is 13.2 Å². The minimum absolute atomic E-state index is 0. The highest BCUT2D eigenvalue weighted by molar-refractivity contribution is 14.0. The van der Waals surface area contributed by atoms with Crippen molar-refractivity contribution in [2.45, 2.75) is 32.4 Å². The van der Waals surface area contributed by atoms with Gasteiger partial charge in [0.1, 0.15) is 5.82 Å². The first kappa shape index (κ1) is 23.6. The Morgan fingerprint density at radius 2 is 2.14 bits per heavy atom. The van der Waals surface area contributed by atoms with Crippen LogP contribution in [-0.4, -0.2) is 54.0 Å². The molecule has 29 heavy (non-hydrogen) atoms. The quantitative estimate of drug-likeness (QED) is 0.272. The van der Waals surface area contributed by atoms with E-state index in [4.69, 9.17) is 4.74 Å². The van der Waals surface area contributed by atoms with Crippen molar-refractivity contribution in [1.29, 1.82) is 0 Å². The number of benzene rings is 1. The fourth-order valence-electron chi connectivity index (χ4n) is 3.57. The Labute approximate surface area is 190 Å². The van der Waals surface area contributed by atoms with Gasteiger partial charge in [-0.05, 0) is 24.8 Å². The number of rotatable bonds is 9. The summed E-state index contributed by atoms with van der Waals surface area (Å²) in [5, 5.41) is 16.1. The van der Waals surface area contributed by atoms with E-state index in [-0.39, 0.29) is 36.0 Å². The van der Waals surface area contributed by atoms with Gasteiger partial charge in [0, 0.05) is 51.2 Å². The maximum absolute atomic E-state index is 9.37. The number of guanidine groups is 1. The van der Waals surface area contributed by atoms with E-state index < -0.39 is 0 Å². The number of ether oxygens (including phenoxy) is 1. The first-order chi connectivity index (χ1) is 13.7. The molecular weight excluding hydrogens is 481 g/mol. The molecule has 2 heterocycles. The number of imidazole rings is 1. The summed E-state index contributed by atoms with van der Waals surface area (Å²) in [6.07, 6.45) is 6.52. The number of aliphatic hydroxyl groups is 1. The molecule has 3 N–H and O–H groups in total. The Morgan fingerprint density at radius 1 is 1.31 bits per heavy atom. The molecule has 3 rings (SSSR count). The van der Waals surface area contributed by atoms with Gasteiger partial charge in [-0.3, -0.25) is 4.99 Å². The summed E-state index contributed by atoms with van der Waals surface area (Å²) in [4.78, 5) is 8.80. The Bertz CT molecular complexity index is 745. The number of hydrogen-bond donors (Lipinski definition) is 3. The summed E-state index contributed by atoms with van der Waals surface area (Å²) in [6, 6.07) is 10.5. The van der Waals surface area contributed by atoms with Gasteiger partial charge in [0.05, 0.1) is 13.2 Å². The van der Waals surface area contributed by atoms with E-state index >= 15 is 0 Å². The zero-order valence-corrected chi connectivity index (χ0v) is 19.3. The number of aliphatic imine (C=N–C) groups is 1. The number of aromatic nitrogens is 2. The van der Waals surface area contributed by atoms with Crippen molar-refractivity contribution in [2.24, 2.45) is 10.4 Å². The average molecular weight is 513 g/mol. The Hall–Kier alpha value is -1.65. The smallest absolute Gasteiger partial charge is 0.191 e. The van der Waals surface area contributed by atoms with Gasteiger partial charge in [-0.15, -0.1) is 24.0 Å². The van der Waals surface area contributed by atoms with E-state index in [1.807, 2.05) is 18.5 Å². The van der Waals surface area contributed by atoms with Gasteiger partial charge in [0.15, 0.2) is 5.96 Å². The predicted molar refractivity (Wildman–Crippen MR) is 126 cm³/mol. The van der Waals surface area contributed by atoms with E-state index in [2.05, 4.69) is 49.4 Å². The predicted octanol–water partition coefficient (Wildman–Crippen LogP) is 2.20. The molecule has 1 unspecified atom stereocenters. The fraction of sp³-hybridized carbons (Fsp3) is 0.524. The van der Waals surface area contributed by atoms with Gasteiger partial charge in [-0.25, -0.2) is 4.98 Å². The van der Waals surface area contributed by atoms with Crippen LogP contribution in [0.3, 0.4) is 0 Å². The van der Waals surface area contributed by atoms with Crippen LogP contribution in [0.4, 0.5) is 0 Å². The monoisotopic (exact) mass is 513 g/mol. The lowest BCUT2D eigenvalue weighted by Crippen LogP contribution is -2.44. The molecule has 0 bridgehead atoms. The summed E-state index contributed by atoms with van der Waals surface area (Å²) in [5.41, 5.74) is 1.31. The van der Waals surface area contributed by atoms with Crippen LogP contribution in [0.2, 0.25) is 0 Å². The molecule has 7 nitrogen and oxygen atoms in total. The molecular formula is C21H32IN5O2. The third kappa shape index (κ3) is 6.97. The largest absolute Gasteiger partial charge is 0.396 e. The maximum atomic E-state index is 9.37. The summed E-state index contributed by atoms with van der Waals surface area (Å²) in [7, 11) is 1.76. The summed E-state index contributed by atoms with van der Waals surface area (Å²) in [5.74, 6) is 1.72. The number of nitrogens with one attached hydrogen (secondary N) is 2. The van der Waals surface area contributed by atoms with Crippen molar-refractivity contribution >= 4 is 29.9 Å². The Morgan fingerprint density at radius 3 is 2.83 bits per heavy atom. The summed E-state index contributed by atoms with van der Waals surface area (Å²) >= 11 is 0. The van der Waals surface area contributed by atoms with Gasteiger partial charge in [-0.1, -0.05) is 30.3 Å². The van der Waals surface area contributed by atoms with E-state index in [9.17, 15) is 5.11 Å². The molecule has 1 aromatic carbocycles. The van der Waals surface area contributed by atoms with Crippen LogP contribution in [0.5, 0.6) is 0 Å². The van der Waals surface area contributed by atoms with Crippen molar-refractivity contribution in [3.05, 3.63) is 54.1 Å². The van der Waals surface area contributed by atoms with E-state index in [0.717, 1.165) is 50.7 Å². The molecule has 0 radical (unpaired) electrons. The normalized spacial score (nSPS) is 19.0. The molecule has 1 aliphatic heterocycles. The molecule has 0 saturated carbocycles. The number of hydrogen-bond acceptors (Lipinski definition) is 4. The van der Waals surface area contributed by atoms with Crippen LogP contribution >= 0.6 is 24.0 Å². The SMILES string of the molecule is CN=C(NCc1nccn1CCc1ccccc1)NCC1(CCO)CCOC1.I. The molecule has 1 aliphatic rings. The summed E-state index contributed by atoms with van der Waals surface area (Å²) < 4.78 is 7.72. The van der Waals surface area contributed by atoms with Crippen molar-refractivity contribution in [3.63, 3.8) is 0 Å². The molecule has 0 spiro atoms. The number of halogens is 1. The van der Waals surface area contributed by atoms with Crippen molar-refractivity contribution < 1.29 is 9.84 Å². The van der Waals surface area contributed by atoms with Gasteiger partial charge < -0.3 is 25.0 Å². The highest BCUT2D eigenvalue weighted by atomic mass is 127. The first-order valence-corrected chi connectivity index (χ1v) is 9.92. The maximum Gasteiger partial charge on any atom is 0.191 e. The molecule has 1 aromatic heterocycles. The average Bonchev–Trinajstić information content (AvgIpc) is 3.37. The van der Waals surface area contributed by atoms with Gasteiger partial charge >= 0.3 is 0 Å². The van der Waals surface area contributed by atoms with E-state index in [1.165, 1.54) is 5.56 Å². The molecule has 0 aliphatic carbocycles. The molecule has 1 fully saturated rings. The van der Waals surface area contributed by atoms with Crippen LogP contribution in [0.15, 0.2) is 47.7 Å². The molecule has 2 aromatic rings. The van der Waals surface area contributed by atoms with Crippen molar-refractivity contribution in [3.8, 4) is 0 Å². The van der Waals surface area contributed by atoms with Crippen LogP contribution in [0.25, 0.3) is 0 Å². The van der Waals surface area contributed by atoms with Crippen LogP contribution in [0.1, 0.15) is 24.2 Å². The van der Waals surface area contributed by atoms with Gasteiger partial charge in [-0.2, -0.15) is 0 Å². The van der Waals surface area contributed by atoms with Gasteiger partial charge in [0.2, 0.25) is 0 Å². The second kappa shape index (κ2) is 12.1. The first-order valence-electron chi connectivity index (χ1n) is 9.92. The minimum atomic E-state index is -0.0134. The molecule has 1 atom stereocenters. The molecule has 1 saturated heterocycles. The Balaban J connectivity index is 0.00000300. The number of aryl methyl sites for hydroxylation is 2. The second-order valence-electron chi connectivity index (χ2n) is 7.33. The summed E-state index contributed by atoms with van der Waals surface area (Å²) in [6.45, 7) is 3.84. The minimum Gasteiger partial charge on any atom is -0.396 e. The van der Waals surface area contributed by atoms with Crippen molar-refractivity contribution in [2.75, 3.05) is 33.4 Å². The Kier molecular flexibility index (Phi) is 9.89. The molecule has 8 heteroatoms. The standard InChI is InChI=1S/C21H31N5O2.HI/c1-22-20(25-16-21(8-13-27)9-14-28-17-21)24-15-19-23-10-12-26(19)11-7-18-5-3-2-4-6-18;/h2-6,10,12,27H,7-9,11,13-17H2,1H3,(H2,22,24,25);1H. The highest BCUT2D eigenvalue weighted by Gasteiger charge is 2.34. The lowest BCUT2D eigenvalue weighted by molar-refractivity contribution is 0.127. The second-order valence-corrected chi connectivity index (χ2v) is 7.33. The van der Waals surface area contributed by atoms with Crippen LogP contribution < -0.4 is 10.6 Å². The number of aliphatic hydroxyl groups excluding tert-OH is 1. The van der Waals surface area contributed by atoms with E-state index in [1.54, 1.807) is 7.05 Å². The third-order valence-electron chi connectivity index (χ3n) is 5.38.